The van der Waals surface area contributed by atoms with Gasteiger partial charge in [-0.15, -0.1) is 0 Å². The van der Waals surface area contributed by atoms with Crippen LogP contribution < -0.4 is 10.6 Å². The number of anilines is 1. The monoisotopic (exact) mass is 221 g/mol. The third-order valence-corrected chi connectivity index (χ3v) is 3.22. The highest BCUT2D eigenvalue weighted by molar-refractivity contribution is 5.51. The first-order chi connectivity index (χ1) is 7.85. The van der Waals surface area contributed by atoms with Crippen molar-refractivity contribution in [3.05, 3.63) is 24.0 Å². The van der Waals surface area contributed by atoms with Crippen molar-refractivity contribution in [3.8, 4) is 0 Å². The predicted molar refractivity (Wildman–Crippen MR) is 64.2 cm³/mol. The zero-order valence-corrected chi connectivity index (χ0v) is 9.47. The van der Waals surface area contributed by atoms with Gasteiger partial charge in [0.15, 0.2) is 0 Å². The van der Waals surface area contributed by atoms with Crippen LogP contribution in [0.25, 0.3) is 0 Å². The largest absolute Gasteiger partial charge is 0.396 e. The molecule has 1 aromatic heterocycles. The van der Waals surface area contributed by atoms with E-state index in [4.69, 9.17) is 10.8 Å². The summed E-state index contributed by atoms with van der Waals surface area (Å²) in [7, 11) is 0. The Labute approximate surface area is 96.1 Å². The average Bonchev–Trinajstić information content (AvgIpc) is 2.78. The van der Waals surface area contributed by atoms with Crippen LogP contribution in [0.1, 0.15) is 18.5 Å². The van der Waals surface area contributed by atoms with Gasteiger partial charge in [0.25, 0.3) is 0 Å². The van der Waals surface area contributed by atoms with Crippen LogP contribution in [0.15, 0.2) is 18.3 Å². The van der Waals surface area contributed by atoms with Crippen LogP contribution in [-0.4, -0.2) is 29.8 Å². The van der Waals surface area contributed by atoms with Crippen LogP contribution in [0, 0.1) is 5.92 Å². The van der Waals surface area contributed by atoms with Gasteiger partial charge >= 0.3 is 0 Å². The molecule has 88 valence electrons. The molecule has 1 fully saturated rings. The Morgan fingerprint density at radius 1 is 1.56 bits per heavy atom. The molecule has 0 amide bonds. The van der Waals surface area contributed by atoms with E-state index in [1.54, 1.807) is 6.20 Å². The van der Waals surface area contributed by atoms with Crippen LogP contribution in [-0.2, 0) is 6.54 Å². The number of aliphatic hydroxyl groups is 1. The van der Waals surface area contributed by atoms with E-state index in [-0.39, 0.29) is 6.61 Å². The Morgan fingerprint density at radius 3 is 3.19 bits per heavy atom. The highest BCUT2D eigenvalue weighted by Gasteiger charge is 2.23. The van der Waals surface area contributed by atoms with Gasteiger partial charge < -0.3 is 15.7 Å². The van der Waals surface area contributed by atoms with E-state index >= 15 is 0 Å². The number of rotatable bonds is 4. The lowest BCUT2D eigenvalue weighted by atomic mass is 10.1. The minimum Gasteiger partial charge on any atom is -0.396 e. The lowest BCUT2D eigenvalue weighted by molar-refractivity contribution is 0.263. The maximum absolute atomic E-state index is 8.93. The smallest absolute Gasteiger partial charge is 0.0772 e. The third-order valence-electron chi connectivity index (χ3n) is 3.22. The van der Waals surface area contributed by atoms with Crippen molar-refractivity contribution in [2.45, 2.75) is 19.4 Å². The maximum Gasteiger partial charge on any atom is 0.0772 e. The molecule has 0 aromatic carbocycles. The van der Waals surface area contributed by atoms with Gasteiger partial charge in [0, 0.05) is 32.4 Å². The molecule has 1 aromatic rings. The second-order valence-corrected chi connectivity index (χ2v) is 4.29. The zero-order valence-electron chi connectivity index (χ0n) is 9.47. The van der Waals surface area contributed by atoms with Crippen molar-refractivity contribution in [1.82, 2.24) is 4.98 Å². The normalized spacial score (nSPS) is 20.4. The number of aliphatic hydroxyl groups excluding tert-OH is 1. The van der Waals surface area contributed by atoms with Gasteiger partial charge in [-0.05, 0) is 30.9 Å². The summed E-state index contributed by atoms with van der Waals surface area (Å²) in [5, 5.41) is 8.93. The molecule has 0 saturated carbocycles. The van der Waals surface area contributed by atoms with Crippen molar-refractivity contribution < 1.29 is 5.11 Å². The predicted octanol–water partition coefficient (Wildman–Crippen LogP) is 0.749. The Balaban J connectivity index is 2.08. The van der Waals surface area contributed by atoms with Crippen LogP contribution in [0.4, 0.5) is 5.69 Å². The van der Waals surface area contributed by atoms with Gasteiger partial charge in [0.2, 0.25) is 0 Å². The first-order valence-electron chi connectivity index (χ1n) is 5.85. The molecule has 0 aliphatic carbocycles. The summed E-state index contributed by atoms with van der Waals surface area (Å²) in [5.41, 5.74) is 7.81. The molecule has 0 bridgehead atoms. The summed E-state index contributed by atoms with van der Waals surface area (Å²) in [6, 6.07) is 4.03. The topological polar surface area (TPSA) is 62.4 Å². The Hall–Kier alpha value is -1.13. The summed E-state index contributed by atoms with van der Waals surface area (Å²) in [5.74, 6) is 0.607. The van der Waals surface area contributed by atoms with Gasteiger partial charge in [0.05, 0.1) is 11.4 Å². The summed E-state index contributed by atoms with van der Waals surface area (Å²) in [6.07, 6.45) is 3.83. The number of nitrogens with two attached hydrogens (primary N) is 1. The lowest BCUT2D eigenvalue weighted by Gasteiger charge is -2.20. The fraction of sp³-hybridized carbons (Fsp3) is 0.583. The van der Waals surface area contributed by atoms with E-state index in [9.17, 15) is 0 Å². The first kappa shape index (κ1) is 11.4. The second-order valence-electron chi connectivity index (χ2n) is 4.29. The van der Waals surface area contributed by atoms with Gasteiger partial charge in [-0.25, -0.2) is 0 Å². The maximum atomic E-state index is 8.93. The minimum atomic E-state index is 0.287. The molecular weight excluding hydrogens is 202 g/mol. The Morgan fingerprint density at radius 2 is 2.44 bits per heavy atom. The van der Waals surface area contributed by atoms with Crippen molar-refractivity contribution in [3.63, 3.8) is 0 Å². The van der Waals surface area contributed by atoms with E-state index in [1.807, 2.05) is 6.07 Å². The molecule has 0 radical (unpaired) electrons. The van der Waals surface area contributed by atoms with E-state index in [0.717, 1.165) is 37.3 Å². The van der Waals surface area contributed by atoms with Gasteiger partial charge in [-0.2, -0.15) is 0 Å². The summed E-state index contributed by atoms with van der Waals surface area (Å²) < 4.78 is 0. The standard InChI is InChI=1S/C12H19N3O/c13-8-11-12(2-1-5-14-11)15-6-3-10(9-15)4-7-16/h1-2,5,10,16H,3-4,6-9,13H2. The molecule has 1 aliphatic heterocycles. The quantitative estimate of drug-likeness (QED) is 0.787. The lowest BCUT2D eigenvalue weighted by Crippen LogP contribution is -2.22. The van der Waals surface area contributed by atoms with Crippen LogP contribution in [0.2, 0.25) is 0 Å². The molecule has 1 unspecified atom stereocenters. The van der Waals surface area contributed by atoms with Crippen molar-refractivity contribution >= 4 is 5.69 Å². The fourth-order valence-electron chi connectivity index (χ4n) is 2.34. The SMILES string of the molecule is NCc1ncccc1N1CCC(CCO)C1. The molecule has 4 heteroatoms. The zero-order chi connectivity index (χ0) is 11.4. The molecule has 0 spiro atoms. The molecule has 1 saturated heterocycles. The Kier molecular flexibility index (Phi) is 3.74. The number of pyridine rings is 1. The second kappa shape index (κ2) is 5.27. The van der Waals surface area contributed by atoms with E-state index in [2.05, 4.69) is 16.0 Å². The van der Waals surface area contributed by atoms with Crippen LogP contribution in [0.5, 0.6) is 0 Å². The average molecular weight is 221 g/mol. The number of hydrogen-bond donors (Lipinski definition) is 2. The Bertz CT molecular complexity index is 343. The molecule has 16 heavy (non-hydrogen) atoms. The number of aromatic nitrogens is 1. The molecule has 1 aliphatic rings. The molecule has 1 atom stereocenters. The first-order valence-corrected chi connectivity index (χ1v) is 5.85. The van der Waals surface area contributed by atoms with E-state index in [0.29, 0.717) is 12.5 Å². The van der Waals surface area contributed by atoms with Crippen LogP contribution in [0.3, 0.4) is 0 Å². The highest BCUT2D eigenvalue weighted by atomic mass is 16.3. The van der Waals surface area contributed by atoms with Gasteiger partial charge in [-0.1, -0.05) is 0 Å². The molecule has 4 nitrogen and oxygen atoms in total. The van der Waals surface area contributed by atoms with Crippen molar-refractivity contribution in [2.24, 2.45) is 11.7 Å². The van der Waals surface area contributed by atoms with Crippen molar-refractivity contribution in [1.29, 1.82) is 0 Å². The van der Waals surface area contributed by atoms with Crippen LogP contribution >= 0.6 is 0 Å². The fourth-order valence-corrected chi connectivity index (χ4v) is 2.34. The van der Waals surface area contributed by atoms with Gasteiger partial charge in [-0.3, -0.25) is 4.98 Å². The molecule has 2 heterocycles. The third kappa shape index (κ3) is 2.33. The van der Waals surface area contributed by atoms with E-state index < -0.39 is 0 Å². The minimum absolute atomic E-state index is 0.287. The summed E-state index contributed by atoms with van der Waals surface area (Å²) >= 11 is 0. The number of hydrogen-bond acceptors (Lipinski definition) is 4. The van der Waals surface area contributed by atoms with Crippen molar-refractivity contribution in [2.75, 3.05) is 24.6 Å². The summed E-state index contributed by atoms with van der Waals surface area (Å²) in [4.78, 5) is 6.63. The van der Waals surface area contributed by atoms with E-state index in [1.165, 1.54) is 0 Å². The number of nitrogens with zero attached hydrogens (tertiary/aromatic N) is 2. The van der Waals surface area contributed by atoms with Gasteiger partial charge in [0.1, 0.15) is 0 Å². The summed E-state index contributed by atoms with van der Waals surface area (Å²) in [6.45, 7) is 2.83. The molecule has 2 rings (SSSR count). The molecular formula is C12H19N3O. The highest BCUT2D eigenvalue weighted by Crippen LogP contribution is 2.27. The molecule has 3 N–H and O–H groups in total.